The van der Waals surface area contributed by atoms with E-state index in [4.69, 9.17) is 0 Å². The van der Waals surface area contributed by atoms with Crippen molar-refractivity contribution in [3.63, 3.8) is 0 Å². The van der Waals surface area contributed by atoms with Crippen molar-refractivity contribution < 1.29 is 9.50 Å². The molecule has 2 aromatic rings. The fourth-order valence-electron chi connectivity index (χ4n) is 3.17. The SMILES string of the molecule is OCC[C@H]1CN(Cc2ccn[nH]2)CCN1Cc1ccc(F)cc1. The van der Waals surface area contributed by atoms with Crippen molar-refractivity contribution in [1.29, 1.82) is 0 Å². The van der Waals surface area contributed by atoms with Crippen LogP contribution in [0.15, 0.2) is 36.5 Å². The summed E-state index contributed by atoms with van der Waals surface area (Å²) in [4.78, 5) is 4.77. The van der Waals surface area contributed by atoms with Crippen LogP contribution >= 0.6 is 0 Å². The molecule has 1 aliphatic rings. The van der Waals surface area contributed by atoms with Crippen molar-refractivity contribution >= 4 is 0 Å². The summed E-state index contributed by atoms with van der Waals surface area (Å²) in [5, 5.41) is 16.4. The third kappa shape index (κ3) is 4.37. The van der Waals surface area contributed by atoms with E-state index in [0.29, 0.717) is 6.04 Å². The maximum atomic E-state index is 13.0. The minimum absolute atomic E-state index is 0.183. The van der Waals surface area contributed by atoms with Gasteiger partial charge in [0.1, 0.15) is 5.82 Å². The fourth-order valence-corrected chi connectivity index (χ4v) is 3.17. The van der Waals surface area contributed by atoms with Gasteiger partial charge in [-0.05, 0) is 30.2 Å². The van der Waals surface area contributed by atoms with Gasteiger partial charge in [-0.25, -0.2) is 4.39 Å². The third-order valence-corrected chi connectivity index (χ3v) is 4.40. The molecule has 3 rings (SSSR count). The molecule has 6 heteroatoms. The van der Waals surface area contributed by atoms with Crippen LogP contribution in [0.2, 0.25) is 0 Å². The Kier molecular flexibility index (Phi) is 5.38. The highest BCUT2D eigenvalue weighted by Crippen LogP contribution is 2.18. The molecule has 1 atom stereocenters. The number of piperazine rings is 1. The van der Waals surface area contributed by atoms with Crippen LogP contribution < -0.4 is 0 Å². The molecule has 1 aromatic carbocycles. The van der Waals surface area contributed by atoms with Gasteiger partial charge >= 0.3 is 0 Å². The van der Waals surface area contributed by atoms with E-state index in [2.05, 4.69) is 20.0 Å². The molecule has 1 saturated heterocycles. The maximum absolute atomic E-state index is 13.0. The minimum Gasteiger partial charge on any atom is -0.396 e. The third-order valence-electron chi connectivity index (χ3n) is 4.40. The summed E-state index contributed by atoms with van der Waals surface area (Å²) in [6.45, 7) is 4.66. The first-order chi connectivity index (χ1) is 11.2. The smallest absolute Gasteiger partial charge is 0.123 e. The monoisotopic (exact) mass is 318 g/mol. The highest BCUT2D eigenvalue weighted by molar-refractivity contribution is 5.16. The highest BCUT2D eigenvalue weighted by atomic mass is 19.1. The average Bonchev–Trinajstić information content (AvgIpc) is 3.05. The number of nitrogens with one attached hydrogen (secondary N) is 1. The topological polar surface area (TPSA) is 55.4 Å². The van der Waals surface area contributed by atoms with Gasteiger partial charge in [-0.3, -0.25) is 14.9 Å². The van der Waals surface area contributed by atoms with Crippen molar-refractivity contribution in [2.45, 2.75) is 25.6 Å². The van der Waals surface area contributed by atoms with E-state index >= 15 is 0 Å². The average molecular weight is 318 g/mol. The van der Waals surface area contributed by atoms with Gasteiger partial charge in [0.05, 0.1) is 0 Å². The molecule has 2 N–H and O–H groups in total. The first-order valence-electron chi connectivity index (χ1n) is 8.04. The summed E-state index contributed by atoms with van der Waals surface area (Å²) in [7, 11) is 0. The quantitative estimate of drug-likeness (QED) is 0.850. The zero-order valence-electron chi connectivity index (χ0n) is 13.2. The number of hydrogen-bond acceptors (Lipinski definition) is 4. The lowest BCUT2D eigenvalue weighted by atomic mass is 10.1. The number of hydrogen-bond donors (Lipinski definition) is 2. The van der Waals surface area contributed by atoms with Crippen LogP contribution in [0.3, 0.4) is 0 Å². The molecule has 0 unspecified atom stereocenters. The van der Waals surface area contributed by atoms with Gasteiger partial charge < -0.3 is 5.11 Å². The Morgan fingerprint density at radius 1 is 1.17 bits per heavy atom. The Labute approximate surface area is 135 Å². The number of aliphatic hydroxyl groups is 1. The maximum Gasteiger partial charge on any atom is 0.123 e. The van der Waals surface area contributed by atoms with Crippen LogP contribution in [0.4, 0.5) is 4.39 Å². The van der Waals surface area contributed by atoms with E-state index in [-0.39, 0.29) is 12.4 Å². The molecule has 124 valence electrons. The van der Waals surface area contributed by atoms with Crippen LogP contribution in [-0.4, -0.2) is 57.4 Å². The summed E-state index contributed by atoms with van der Waals surface area (Å²) in [5.41, 5.74) is 2.22. The molecule has 0 radical (unpaired) electrons. The van der Waals surface area contributed by atoms with E-state index in [9.17, 15) is 9.50 Å². The van der Waals surface area contributed by atoms with Gasteiger partial charge in [0.15, 0.2) is 0 Å². The molecule has 0 bridgehead atoms. The van der Waals surface area contributed by atoms with Crippen LogP contribution in [0.1, 0.15) is 17.7 Å². The van der Waals surface area contributed by atoms with E-state index in [1.807, 2.05) is 18.2 Å². The van der Waals surface area contributed by atoms with Gasteiger partial charge in [0, 0.05) is 57.3 Å². The Balaban J connectivity index is 1.61. The van der Waals surface area contributed by atoms with Crippen LogP contribution in [0, 0.1) is 5.82 Å². The Hall–Kier alpha value is -1.76. The number of benzene rings is 1. The number of halogens is 1. The lowest BCUT2D eigenvalue weighted by Gasteiger charge is -2.41. The van der Waals surface area contributed by atoms with E-state index in [0.717, 1.165) is 50.4 Å². The van der Waals surface area contributed by atoms with Crippen molar-refractivity contribution in [2.24, 2.45) is 0 Å². The molecule has 1 aliphatic heterocycles. The van der Waals surface area contributed by atoms with Crippen molar-refractivity contribution in [2.75, 3.05) is 26.2 Å². The van der Waals surface area contributed by atoms with Gasteiger partial charge in [-0.15, -0.1) is 0 Å². The molecular formula is C17H23FN4O. The molecule has 5 nitrogen and oxygen atoms in total. The molecule has 23 heavy (non-hydrogen) atoms. The minimum atomic E-state index is -0.204. The summed E-state index contributed by atoms with van der Waals surface area (Å²) >= 11 is 0. The molecular weight excluding hydrogens is 295 g/mol. The van der Waals surface area contributed by atoms with Crippen molar-refractivity contribution in [3.05, 3.63) is 53.6 Å². The predicted molar refractivity (Wildman–Crippen MR) is 86.2 cm³/mol. The molecule has 0 spiro atoms. The Morgan fingerprint density at radius 3 is 2.70 bits per heavy atom. The highest BCUT2D eigenvalue weighted by Gasteiger charge is 2.26. The summed E-state index contributed by atoms with van der Waals surface area (Å²) < 4.78 is 13.0. The number of aliphatic hydroxyl groups excluding tert-OH is 1. The molecule has 0 saturated carbocycles. The first kappa shape index (κ1) is 16.1. The first-order valence-corrected chi connectivity index (χ1v) is 8.04. The summed E-state index contributed by atoms with van der Waals surface area (Å²) in [5.74, 6) is -0.204. The second-order valence-electron chi connectivity index (χ2n) is 6.08. The van der Waals surface area contributed by atoms with Gasteiger partial charge in [0.25, 0.3) is 0 Å². The molecule has 2 heterocycles. The number of aromatic nitrogens is 2. The van der Waals surface area contributed by atoms with Crippen molar-refractivity contribution in [3.8, 4) is 0 Å². The van der Waals surface area contributed by atoms with Crippen LogP contribution in [0.25, 0.3) is 0 Å². The summed E-state index contributed by atoms with van der Waals surface area (Å²) in [6, 6.07) is 8.98. The second kappa shape index (κ2) is 7.68. The molecule has 0 aliphatic carbocycles. The Bertz CT molecular complexity index is 587. The largest absolute Gasteiger partial charge is 0.396 e. The number of aromatic amines is 1. The predicted octanol–water partition coefficient (Wildman–Crippen LogP) is 1.62. The van der Waals surface area contributed by atoms with Gasteiger partial charge in [0.2, 0.25) is 0 Å². The van der Waals surface area contributed by atoms with E-state index in [1.165, 1.54) is 12.1 Å². The van der Waals surface area contributed by atoms with Crippen molar-refractivity contribution in [1.82, 2.24) is 20.0 Å². The lowest BCUT2D eigenvalue weighted by Crippen LogP contribution is -2.52. The fraction of sp³-hybridized carbons (Fsp3) is 0.471. The standard InChI is InChI=1S/C17H23FN4O/c18-15-3-1-14(2-4-15)11-22-9-8-21(13-17(22)6-10-23)12-16-5-7-19-20-16/h1-5,7,17,23H,6,8-13H2,(H,19,20)/t17-/m0/s1. The Morgan fingerprint density at radius 2 is 2.00 bits per heavy atom. The van der Waals surface area contributed by atoms with Crippen LogP contribution in [0.5, 0.6) is 0 Å². The van der Waals surface area contributed by atoms with Crippen LogP contribution in [-0.2, 0) is 13.1 Å². The zero-order chi connectivity index (χ0) is 16.1. The zero-order valence-corrected chi connectivity index (χ0v) is 13.2. The number of rotatable bonds is 6. The van der Waals surface area contributed by atoms with E-state index in [1.54, 1.807) is 6.20 Å². The lowest BCUT2D eigenvalue weighted by molar-refractivity contribution is 0.0494. The number of H-pyrrole nitrogens is 1. The summed E-state index contributed by atoms with van der Waals surface area (Å²) in [6.07, 6.45) is 2.52. The van der Waals surface area contributed by atoms with E-state index < -0.39 is 0 Å². The number of nitrogens with zero attached hydrogens (tertiary/aromatic N) is 3. The molecule has 0 amide bonds. The van der Waals surface area contributed by atoms with Gasteiger partial charge in [-0.2, -0.15) is 5.10 Å². The normalized spacial score (nSPS) is 20.0. The molecule has 1 fully saturated rings. The second-order valence-corrected chi connectivity index (χ2v) is 6.08. The molecule has 1 aromatic heterocycles. The van der Waals surface area contributed by atoms with Gasteiger partial charge in [-0.1, -0.05) is 12.1 Å².